The second kappa shape index (κ2) is 8.94. The summed E-state index contributed by atoms with van der Waals surface area (Å²) in [6, 6.07) is 10.3. The van der Waals surface area contributed by atoms with Crippen LogP contribution in [0, 0.1) is 0 Å². The first-order valence-corrected chi connectivity index (χ1v) is 8.66. The van der Waals surface area contributed by atoms with E-state index in [0.717, 1.165) is 17.7 Å². The van der Waals surface area contributed by atoms with Gasteiger partial charge in [0, 0.05) is 5.69 Å². The molecule has 146 valence electrons. The Bertz CT molecular complexity index is 797. The number of hydrogen-bond acceptors (Lipinski definition) is 3. The van der Waals surface area contributed by atoms with Crippen molar-refractivity contribution in [2.75, 3.05) is 19.5 Å². The molecule has 0 aliphatic carbocycles. The summed E-state index contributed by atoms with van der Waals surface area (Å²) in [6.45, 7) is 1.97. The predicted octanol–water partition coefficient (Wildman–Crippen LogP) is 5.16. The van der Waals surface area contributed by atoms with Crippen molar-refractivity contribution in [3.8, 4) is 11.5 Å². The smallest absolute Gasteiger partial charge is 0.416 e. The van der Waals surface area contributed by atoms with Gasteiger partial charge in [-0.1, -0.05) is 19.1 Å². The first-order chi connectivity index (χ1) is 12.8. The van der Waals surface area contributed by atoms with E-state index in [0.29, 0.717) is 17.9 Å². The van der Waals surface area contributed by atoms with Crippen molar-refractivity contribution in [1.82, 2.24) is 5.32 Å². The van der Waals surface area contributed by atoms with Crippen LogP contribution in [-0.4, -0.2) is 19.3 Å². The van der Waals surface area contributed by atoms with Crippen molar-refractivity contribution in [3.63, 3.8) is 0 Å². The van der Waals surface area contributed by atoms with Gasteiger partial charge in [0.05, 0.1) is 25.8 Å². The molecule has 2 aromatic carbocycles. The minimum Gasteiger partial charge on any atom is -0.493 e. The van der Waals surface area contributed by atoms with Gasteiger partial charge in [-0.2, -0.15) is 13.2 Å². The third kappa shape index (κ3) is 5.50. The van der Waals surface area contributed by atoms with Crippen LogP contribution in [0.2, 0.25) is 0 Å². The molecule has 0 amide bonds. The van der Waals surface area contributed by atoms with Gasteiger partial charge in [-0.15, -0.1) is 0 Å². The molecule has 2 rings (SSSR count). The first kappa shape index (κ1) is 20.8. The second-order valence-electron chi connectivity index (χ2n) is 5.75. The standard InChI is InChI=1S/C19H21F3N2O2S/c1-4-15(12-8-9-16(25-2)17(10-12)26-3)24-18(27)23-14-7-5-6-13(11-14)19(20,21)22/h5-11,15H,4H2,1-3H3,(H2,23,24,27). The van der Waals surface area contributed by atoms with Crippen LogP contribution in [0.5, 0.6) is 11.5 Å². The normalized spacial score (nSPS) is 12.2. The fraction of sp³-hybridized carbons (Fsp3) is 0.316. The highest BCUT2D eigenvalue weighted by Gasteiger charge is 2.30. The van der Waals surface area contributed by atoms with Crippen LogP contribution in [0.4, 0.5) is 18.9 Å². The number of anilines is 1. The number of rotatable bonds is 6. The van der Waals surface area contributed by atoms with E-state index in [2.05, 4.69) is 10.6 Å². The van der Waals surface area contributed by atoms with Gasteiger partial charge >= 0.3 is 6.18 Å². The van der Waals surface area contributed by atoms with Gasteiger partial charge in [0.2, 0.25) is 0 Å². The van der Waals surface area contributed by atoms with Crippen LogP contribution in [0.1, 0.15) is 30.5 Å². The maximum atomic E-state index is 12.8. The molecular formula is C19H21F3N2O2S. The topological polar surface area (TPSA) is 42.5 Å². The van der Waals surface area contributed by atoms with E-state index in [1.165, 1.54) is 12.1 Å². The average Bonchev–Trinajstić information content (AvgIpc) is 2.65. The van der Waals surface area contributed by atoms with Crippen molar-refractivity contribution in [2.24, 2.45) is 0 Å². The van der Waals surface area contributed by atoms with Crippen molar-refractivity contribution < 1.29 is 22.6 Å². The molecule has 0 radical (unpaired) electrons. The number of ether oxygens (including phenoxy) is 2. The molecule has 0 saturated carbocycles. The quantitative estimate of drug-likeness (QED) is 0.658. The molecule has 0 fully saturated rings. The lowest BCUT2D eigenvalue weighted by atomic mass is 10.0. The Kier molecular flexibility index (Phi) is 6.90. The maximum absolute atomic E-state index is 12.8. The van der Waals surface area contributed by atoms with Crippen molar-refractivity contribution in [2.45, 2.75) is 25.6 Å². The number of methoxy groups -OCH3 is 2. The number of thiocarbonyl (C=S) groups is 1. The molecule has 0 heterocycles. The molecule has 0 saturated heterocycles. The highest BCUT2D eigenvalue weighted by Crippen LogP contribution is 2.32. The summed E-state index contributed by atoms with van der Waals surface area (Å²) in [5.41, 5.74) is 0.454. The van der Waals surface area contributed by atoms with Crippen LogP contribution in [0.3, 0.4) is 0 Å². The Morgan fingerprint density at radius 2 is 1.78 bits per heavy atom. The summed E-state index contributed by atoms with van der Waals surface area (Å²) in [7, 11) is 3.11. The van der Waals surface area contributed by atoms with Gasteiger partial charge in [0.1, 0.15) is 0 Å². The molecule has 0 bridgehead atoms. The van der Waals surface area contributed by atoms with Crippen LogP contribution in [-0.2, 0) is 6.18 Å². The lowest BCUT2D eigenvalue weighted by molar-refractivity contribution is -0.137. The zero-order valence-electron chi connectivity index (χ0n) is 15.2. The molecule has 1 unspecified atom stereocenters. The first-order valence-electron chi connectivity index (χ1n) is 8.25. The Balaban J connectivity index is 2.11. The largest absolute Gasteiger partial charge is 0.493 e. The molecule has 8 heteroatoms. The fourth-order valence-corrected chi connectivity index (χ4v) is 2.85. The average molecular weight is 398 g/mol. The maximum Gasteiger partial charge on any atom is 0.416 e. The van der Waals surface area contributed by atoms with E-state index >= 15 is 0 Å². The van der Waals surface area contributed by atoms with Gasteiger partial charge in [0.25, 0.3) is 0 Å². The summed E-state index contributed by atoms with van der Waals surface area (Å²) in [5, 5.41) is 6.16. The summed E-state index contributed by atoms with van der Waals surface area (Å²) < 4.78 is 49.0. The summed E-state index contributed by atoms with van der Waals surface area (Å²) in [5.74, 6) is 1.20. The van der Waals surface area contributed by atoms with Gasteiger partial charge < -0.3 is 20.1 Å². The number of nitrogens with one attached hydrogen (secondary N) is 2. The minimum atomic E-state index is -4.40. The molecule has 2 N–H and O–H groups in total. The van der Waals surface area contributed by atoms with Crippen LogP contribution < -0.4 is 20.1 Å². The van der Waals surface area contributed by atoms with Crippen molar-refractivity contribution in [3.05, 3.63) is 53.6 Å². The molecule has 0 aliphatic heterocycles. The van der Waals surface area contributed by atoms with Crippen LogP contribution >= 0.6 is 12.2 Å². The van der Waals surface area contributed by atoms with E-state index in [1.54, 1.807) is 20.3 Å². The van der Waals surface area contributed by atoms with Crippen LogP contribution in [0.25, 0.3) is 0 Å². The van der Waals surface area contributed by atoms with E-state index in [1.807, 2.05) is 19.1 Å². The second-order valence-corrected chi connectivity index (χ2v) is 6.16. The van der Waals surface area contributed by atoms with E-state index < -0.39 is 11.7 Å². The van der Waals surface area contributed by atoms with Crippen molar-refractivity contribution in [1.29, 1.82) is 0 Å². The van der Waals surface area contributed by atoms with Gasteiger partial charge in [0.15, 0.2) is 16.6 Å². The minimum absolute atomic E-state index is 0.143. The van der Waals surface area contributed by atoms with E-state index in [9.17, 15) is 13.2 Å². The molecule has 1 atom stereocenters. The Labute approximate surface area is 161 Å². The van der Waals surface area contributed by atoms with E-state index in [-0.39, 0.29) is 16.8 Å². The zero-order valence-corrected chi connectivity index (χ0v) is 16.0. The molecule has 2 aromatic rings. The summed E-state index contributed by atoms with van der Waals surface area (Å²) >= 11 is 5.27. The lowest BCUT2D eigenvalue weighted by Gasteiger charge is -2.21. The highest BCUT2D eigenvalue weighted by molar-refractivity contribution is 7.80. The lowest BCUT2D eigenvalue weighted by Crippen LogP contribution is -2.32. The summed E-state index contributed by atoms with van der Waals surface area (Å²) in [4.78, 5) is 0. The Hall–Kier alpha value is -2.48. The third-order valence-electron chi connectivity index (χ3n) is 3.97. The number of hydrogen-bond donors (Lipinski definition) is 2. The van der Waals surface area contributed by atoms with Gasteiger partial charge in [-0.05, 0) is 54.5 Å². The molecule has 0 aromatic heterocycles. The SMILES string of the molecule is CCC(NC(=S)Nc1cccc(C(F)(F)F)c1)c1ccc(OC)c(OC)c1. The number of alkyl halides is 3. The van der Waals surface area contributed by atoms with Gasteiger partial charge in [-0.25, -0.2) is 0 Å². The highest BCUT2D eigenvalue weighted by atomic mass is 32.1. The molecule has 0 spiro atoms. The monoisotopic (exact) mass is 398 g/mol. The molecule has 4 nitrogen and oxygen atoms in total. The fourth-order valence-electron chi connectivity index (χ4n) is 2.59. The van der Waals surface area contributed by atoms with Gasteiger partial charge in [-0.3, -0.25) is 0 Å². The van der Waals surface area contributed by atoms with Crippen LogP contribution in [0.15, 0.2) is 42.5 Å². The molecular weight excluding hydrogens is 377 g/mol. The summed E-state index contributed by atoms with van der Waals surface area (Å²) in [6.07, 6.45) is -3.70. The molecule has 0 aliphatic rings. The Morgan fingerprint density at radius 1 is 1.07 bits per heavy atom. The number of halogens is 3. The van der Waals surface area contributed by atoms with E-state index in [4.69, 9.17) is 21.7 Å². The zero-order chi connectivity index (χ0) is 20.0. The third-order valence-corrected chi connectivity index (χ3v) is 4.19. The number of benzene rings is 2. The van der Waals surface area contributed by atoms with Crippen molar-refractivity contribution >= 4 is 23.0 Å². The predicted molar refractivity (Wildman–Crippen MR) is 103 cm³/mol. The Morgan fingerprint density at radius 3 is 2.37 bits per heavy atom. The molecule has 27 heavy (non-hydrogen) atoms.